The lowest BCUT2D eigenvalue weighted by Crippen LogP contribution is -2.41. The maximum atomic E-state index is 11.8. The van der Waals surface area contributed by atoms with Crippen molar-refractivity contribution in [2.24, 2.45) is 0 Å². The van der Waals surface area contributed by atoms with E-state index in [1.807, 2.05) is 24.3 Å². The lowest BCUT2D eigenvalue weighted by molar-refractivity contribution is -0.141. The van der Waals surface area contributed by atoms with Crippen molar-refractivity contribution in [3.05, 3.63) is 47.0 Å². The summed E-state index contributed by atoms with van der Waals surface area (Å²) < 4.78 is 0.888. The van der Waals surface area contributed by atoms with Crippen LogP contribution in [0.25, 0.3) is 0 Å². The van der Waals surface area contributed by atoms with E-state index in [1.54, 1.807) is 6.08 Å². The van der Waals surface area contributed by atoms with Gasteiger partial charge in [0, 0.05) is 4.47 Å². The highest BCUT2D eigenvalue weighted by Crippen LogP contribution is 2.12. The van der Waals surface area contributed by atoms with Crippen LogP contribution < -0.4 is 5.32 Å². The lowest BCUT2D eigenvalue weighted by Gasteiger charge is -2.13. The second-order valence-electron chi connectivity index (χ2n) is 4.13. The Morgan fingerprint density at radius 1 is 1.47 bits per heavy atom. The van der Waals surface area contributed by atoms with Gasteiger partial charge in [0.05, 0.1) is 6.42 Å². The zero-order chi connectivity index (χ0) is 14.3. The minimum Gasteiger partial charge on any atom is -0.480 e. The molecule has 1 rings (SSSR count). The minimum absolute atomic E-state index is 0.164. The molecule has 0 aliphatic heterocycles. The third-order valence-corrected chi connectivity index (χ3v) is 3.04. The molecule has 4 nitrogen and oxygen atoms in total. The van der Waals surface area contributed by atoms with E-state index in [1.165, 1.54) is 0 Å². The van der Waals surface area contributed by atoms with Crippen LogP contribution in [0.4, 0.5) is 0 Å². The van der Waals surface area contributed by atoms with E-state index >= 15 is 0 Å². The number of hydrogen-bond acceptors (Lipinski definition) is 2. The molecule has 1 amide bonds. The standard InChI is InChI=1S/C14H16BrNO3/c1-2-3-7-12(14(18)19)16-13(17)9-10-5-4-6-11(15)8-10/h2,4-6,8,12H,1,3,7,9H2,(H,16,17)(H,18,19). The summed E-state index contributed by atoms with van der Waals surface area (Å²) in [6.45, 7) is 3.54. The van der Waals surface area contributed by atoms with Gasteiger partial charge in [-0.3, -0.25) is 4.79 Å². The number of carbonyl (C=O) groups is 2. The molecule has 0 fully saturated rings. The van der Waals surface area contributed by atoms with Gasteiger partial charge in [-0.05, 0) is 30.5 Å². The zero-order valence-electron chi connectivity index (χ0n) is 10.4. The average molecular weight is 326 g/mol. The van der Waals surface area contributed by atoms with E-state index < -0.39 is 12.0 Å². The highest BCUT2D eigenvalue weighted by molar-refractivity contribution is 9.10. The molecule has 0 spiro atoms. The van der Waals surface area contributed by atoms with Crippen molar-refractivity contribution < 1.29 is 14.7 Å². The number of amides is 1. The molecule has 0 bridgehead atoms. The first-order chi connectivity index (χ1) is 9.02. The van der Waals surface area contributed by atoms with Crippen molar-refractivity contribution in [2.75, 3.05) is 0 Å². The maximum Gasteiger partial charge on any atom is 0.326 e. The summed E-state index contributed by atoms with van der Waals surface area (Å²) in [6.07, 6.45) is 2.70. The van der Waals surface area contributed by atoms with E-state index in [4.69, 9.17) is 5.11 Å². The van der Waals surface area contributed by atoms with Gasteiger partial charge >= 0.3 is 5.97 Å². The summed E-state index contributed by atoms with van der Waals surface area (Å²) in [5, 5.41) is 11.5. The molecule has 0 heterocycles. The second kappa shape index (κ2) is 7.74. The number of nitrogens with one attached hydrogen (secondary N) is 1. The van der Waals surface area contributed by atoms with Gasteiger partial charge in [0.25, 0.3) is 0 Å². The van der Waals surface area contributed by atoms with Crippen molar-refractivity contribution in [3.63, 3.8) is 0 Å². The van der Waals surface area contributed by atoms with Gasteiger partial charge in [-0.15, -0.1) is 6.58 Å². The summed E-state index contributed by atoms with van der Waals surface area (Å²) in [7, 11) is 0. The number of hydrogen-bond donors (Lipinski definition) is 2. The number of benzene rings is 1. The van der Waals surface area contributed by atoms with Crippen molar-refractivity contribution in [2.45, 2.75) is 25.3 Å². The minimum atomic E-state index is -1.02. The topological polar surface area (TPSA) is 66.4 Å². The number of halogens is 1. The number of aliphatic carboxylic acids is 1. The molecule has 0 saturated carbocycles. The largest absolute Gasteiger partial charge is 0.480 e. The Kier molecular flexibility index (Phi) is 6.29. The summed E-state index contributed by atoms with van der Waals surface area (Å²) in [5.41, 5.74) is 0.833. The van der Waals surface area contributed by atoms with Crippen molar-refractivity contribution in [1.82, 2.24) is 5.32 Å². The Bertz CT molecular complexity index is 474. The molecule has 102 valence electrons. The van der Waals surface area contributed by atoms with E-state index in [2.05, 4.69) is 27.8 Å². The first-order valence-electron chi connectivity index (χ1n) is 5.90. The van der Waals surface area contributed by atoms with Crippen molar-refractivity contribution >= 4 is 27.8 Å². The van der Waals surface area contributed by atoms with Gasteiger partial charge in [-0.1, -0.05) is 34.1 Å². The van der Waals surface area contributed by atoms with Gasteiger partial charge in [-0.2, -0.15) is 0 Å². The molecular formula is C14H16BrNO3. The molecule has 5 heteroatoms. The number of carboxylic acid groups (broad SMARTS) is 1. The van der Waals surface area contributed by atoms with Gasteiger partial charge in [0.15, 0.2) is 0 Å². The lowest BCUT2D eigenvalue weighted by atomic mass is 10.1. The number of carboxylic acids is 1. The van der Waals surface area contributed by atoms with Crippen LogP contribution in [-0.2, 0) is 16.0 Å². The van der Waals surface area contributed by atoms with Gasteiger partial charge in [0.1, 0.15) is 6.04 Å². The molecule has 2 N–H and O–H groups in total. The maximum absolute atomic E-state index is 11.8. The molecule has 19 heavy (non-hydrogen) atoms. The van der Waals surface area contributed by atoms with Crippen LogP contribution in [0, 0.1) is 0 Å². The van der Waals surface area contributed by atoms with E-state index in [0.717, 1.165) is 10.0 Å². The number of allylic oxidation sites excluding steroid dienone is 1. The highest BCUT2D eigenvalue weighted by atomic mass is 79.9. The van der Waals surface area contributed by atoms with Crippen LogP contribution in [0.15, 0.2) is 41.4 Å². The summed E-state index contributed by atoms with van der Waals surface area (Å²) >= 11 is 3.32. The van der Waals surface area contributed by atoms with E-state index in [0.29, 0.717) is 12.8 Å². The SMILES string of the molecule is C=CCCC(NC(=O)Cc1cccc(Br)c1)C(=O)O. The fourth-order valence-electron chi connectivity index (χ4n) is 1.62. The molecule has 0 aromatic heterocycles. The van der Waals surface area contributed by atoms with Gasteiger partial charge < -0.3 is 10.4 Å². The fourth-order valence-corrected chi connectivity index (χ4v) is 2.07. The summed E-state index contributed by atoms with van der Waals surface area (Å²) in [6, 6.07) is 6.49. The third kappa shape index (κ3) is 5.70. The molecule has 1 aromatic carbocycles. The molecule has 1 aromatic rings. The highest BCUT2D eigenvalue weighted by Gasteiger charge is 2.18. The van der Waals surface area contributed by atoms with Crippen molar-refractivity contribution in [1.29, 1.82) is 0 Å². The Balaban J connectivity index is 2.57. The average Bonchev–Trinajstić information content (AvgIpc) is 2.34. The first-order valence-corrected chi connectivity index (χ1v) is 6.69. The smallest absolute Gasteiger partial charge is 0.326 e. The predicted molar refractivity (Wildman–Crippen MR) is 76.8 cm³/mol. The normalized spacial score (nSPS) is 11.6. The monoisotopic (exact) mass is 325 g/mol. The Morgan fingerprint density at radius 2 is 2.21 bits per heavy atom. The second-order valence-corrected chi connectivity index (χ2v) is 5.05. The Hall–Kier alpha value is -1.62. The third-order valence-electron chi connectivity index (χ3n) is 2.55. The predicted octanol–water partition coefficient (Wildman–Crippen LogP) is 2.53. The van der Waals surface area contributed by atoms with Gasteiger partial charge in [-0.25, -0.2) is 4.79 Å². The Labute approximate surface area is 120 Å². The van der Waals surface area contributed by atoms with E-state index in [9.17, 15) is 9.59 Å². The zero-order valence-corrected chi connectivity index (χ0v) is 12.0. The fraction of sp³-hybridized carbons (Fsp3) is 0.286. The van der Waals surface area contributed by atoms with Crippen LogP contribution in [0.3, 0.4) is 0 Å². The molecular weight excluding hydrogens is 310 g/mol. The number of rotatable bonds is 7. The molecule has 0 saturated heterocycles. The molecule has 0 aliphatic carbocycles. The molecule has 0 radical (unpaired) electrons. The summed E-state index contributed by atoms with van der Waals surface area (Å²) in [5.74, 6) is -1.32. The van der Waals surface area contributed by atoms with Crippen LogP contribution in [0.1, 0.15) is 18.4 Å². The van der Waals surface area contributed by atoms with Crippen molar-refractivity contribution in [3.8, 4) is 0 Å². The summed E-state index contributed by atoms with van der Waals surface area (Å²) in [4.78, 5) is 22.8. The van der Waals surface area contributed by atoms with E-state index in [-0.39, 0.29) is 12.3 Å². The first kappa shape index (κ1) is 15.4. The van der Waals surface area contributed by atoms with Crippen LogP contribution >= 0.6 is 15.9 Å². The number of carbonyl (C=O) groups excluding carboxylic acids is 1. The molecule has 1 atom stereocenters. The van der Waals surface area contributed by atoms with Crippen LogP contribution in [0.2, 0.25) is 0 Å². The molecule has 1 unspecified atom stereocenters. The van der Waals surface area contributed by atoms with Crippen LogP contribution in [-0.4, -0.2) is 23.0 Å². The van der Waals surface area contributed by atoms with Crippen LogP contribution in [0.5, 0.6) is 0 Å². The van der Waals surface area contributed by atoms with Gasteiger partial charge in [0.2, 0.25) is 5.91 Å². The Morgan fingerprint density at radius 3 is 2.79 bits per heavy atom. The quantitative estimate of drug-likeness (QED) is 0.757. The molecule has 0 aliphatic rings.